The molecule has 0 saturated carbocycles. The Morgan fingerprint density at radius 1 is 1.04 bits per heavy atom. The molecule has 1 fully saturated rings. The Balaban J connectivity index is 1.40. The molecular formula is C22H29NO4S. The van der Waals surface area contributed by atoms with E-state index in [0.717, 1.165) is 29.8 Å². The zero-order valence-corrected chi connectivity index (χ0v) is 17.3. The van der Waals surface area contributed by atoms with Gasteiger partial charge >= 0.3 is 0 Å². The Kier molecular flexibility index (Phi) is 7.24. The second kappa shape index (κ2) is 9.65. The topological polar surface area (TPSA) is 64.6 Å². The minimum absolute atomic E-state index is 0.00218. The molecule has 1 saturated heterocycles. The monoisotopic (exact) mass is 403 g/mol. The summed E-state index contributed by atoms with van der Waals surface area (Å²) < 4.78 is 34.8. The first-order chi connectivity index (χ1) is 13.4. The lowest BCUT2D eigenvalue weighted by Gasteiger charge is -2.30. The van der Waals surface area contributed by atoms with Crippen molar-refractivity contribution in [2.24, 2.45) is 0 Å². The molecule has 1 heterocycles. The van der Waals surface area contributed by atoms with Gasteiger partial charge in [0.05, 0.1) is 25.1 Å². The maximum Gasteiger partial charge on any atom is 0.148 e. The maximum absolute atomic E-state index is 11.4. The van der Waals surface area contributed by atoms with Crippen molar-refractivity contribution in [1.29, 1.82) is 0 Å². The van der Waals surface area contributed by atoms with Crippen LogP contribution >= 0.6 is 0 Å². The van der Waals surface area contributed by atoms with Crippen LogP contribution in [0.5, 0.6) is 0 Å². The van der Waals surface area contributed by atoms with Crippen LogP contribution in [0.15, 0.2) is 54.6 Å². The third-order valence-corrected chi connectivity index (χ3v) is 6.05. The maximum atomic E-state index is 11.4. The average Bonchev–Trinajstić information content (AvgIpc) is 2.68. The van der Waals surface area contributed by atoms with Gasteiger partial charge in [-0.3, -0.25) is 0 Å². The SMILES string of the molecule is C[C@@H](CS(C)(=O)=O)c1ccc(CNCC2COC(c3ccccc3)CO2)cc1. The highest BCUT2D eigenvalue weighted by molar-refractivity contribution is 7.90. The van der Waals surface area contributed by atoms with Gasteiger partial charge in [0.25, 0.3) is 0 Å². The van der Waals surface area contributed by atoms with Gasteiger partial charge in [0.15, 0.2) is 0 Å². The molecule has 2 aromatic rings. The number of sulfone groups is 1. The van der Waals surface area contributed by atoms with Gasteiger partial charge < -0.3 is 14.8 Å². The lowest BCUT2D eigenvalue weighted by Crippen LogP contribution is -2.38. The van der Waals surface area contributed by atoms with Gasteiger partial charge in [-0.1, -0.05) is 61.5 Å². The third kappa shape index (κ3) is 6.41. The summed E-state index contributed by atoms with van der Waals surface area (Å²) in [4.78, 5) is 0. The molecule has 1 N–H and O–H groups in total. The molecule has 1 aliphatic rings. The Hall–Kier alpha value is -1.73. The van der Waals surface area contributed by atoms with Gasteiger partial charge in [-0.05, 0) is 22.6 Å². The number of hydrogen-bond donors (Lipinski definition) is 1. The van der Waals surface area contributed by atoms with Crippen molar-refractivity contribution in [3.05, 3.63) is 71.3 Å². The molecule has 5 nitrogen and oxygen atoms in total. The zero-order valence-electron chi connectivity index (χ0n) is 16.5. The van der Waals surface area contributed by atoms with Gasteiger partial charge in [0.1, 0.15) is 15.9 Å². The molecule has 1 aliphatic heterocycles. The Morgan fingerprint density at radius 3 is 2.36 bits per heavy atom. The van der Waals surface area contributed by atoms with Crippen molar-refractivity contribution in [3.63, 3.8) is 0 Å². The lowest BCUT2D eigenvalue weighted by molar-refractivity contribution is -0.133. The molecule has 0 amide bonds. The van der Waals surface area contributed by atoms with E-state index < -0.39 is 9.84 Å². The minimum atomic E-state index is -2.97. The van der Waals surface area contributed by atoms with Crippen molar-refractivity contribution in [2.75, 3.05) is 31.8 Å². The van der Waals surface area contributed by atoms with Gasteiger partial charge in [-0.15, -0.1) is 0 Å². The predicted octanol–water partition coefficient (Wildman–Crippen LogP) is 3.08. The Bertz CT molecular complexity index is 829. The number of nitrogens with one attached hydrogen (secondary N) is 1. The highest BCUT2D eigenvalue weighted by Crippen LogP contribution is 2.22. The molecule has 0 aromatic heterocycles. The Labute approximate surface area is 168 Å². The summed E-state index contributed by atoms with van der Waals surface area (Å²) in [6.45, 7) is 4.56. The fraction of sp³-hybridized carbons (Fsp3) is 0.455. The second-order valence-corrected chi connectivity index (χ2v) is 9.74. The fourth-order valence-electron chi connectivity index (χ4n) is 3.41. The van der Waals surface area contributed by atoms with Gasteiger partial charge in [-0.25, -0.2) is 8.42 Å². The van der Waals surface area contributed by atoms with Crippen LogP contribution in [0.25, 0.3) is 0 Å². The number of benzene rings is 2. The normalized spacial score (nSPS) is 21.4. The molecule has 2 unspecified atom stereocenters. The highest BCUT2D eigenvalue weighted by Gasteiger charge is 2.23. The van der Waals surface area contributed by atoms with Crippen molar-refractivity contribution < 1.29 is 17.9 Å². The smallest absolute Gasteiger partial charge is 0.148 e. The summed E-state index contributed by atoms with van der Waals surface area (Å²) in [6.07, 6.45) is 1.34. The molecule has 0 aliphatic carbocycles. The highest BCUT2D eigenvalue weighted by atomic mass is 32.2. The van der Waals surface area contributed by atoms with E-state index in [4.69, 9.17) is 9.47 Å². The van der Waals surface area contributed by atoms with Crippen molar-refractivity contribution in [3.8, 4) is 0 Å². The van der Waals surface area contributed by atoms with Crippen molar-refractivity contribution in [1.82, 2.24) is 5.32 Å². The predicted molar refractivity (Wildman–Crippen MR) is 111 cm³/mol. The van der Waals surface area contributed by atoms with Gasteiger partial charge in [-0.2, -0.15) is 0 Å². The van der Waals surface area contributed by atoms with Crippen molar-refractivity contribution >= 4 is 9.84 Å². The van der Waals surface area contributed by atoms with Crippen molar-refractivity contribution in [2.45, 2.75) is 31.6 Å². The standard InChI is InChI=1S/C22H29NO4S/c1-17(16-28(2,24)25)19-10-8-18(9-11-19)12-23-13-21-14-27-22(15-26-21)20-6-4-3-5-7-20/h3-11,17,21-23H,12-16H2,1-2H3/t17-,21?,22?/m0/s1. The molecule has 6 heteroatoms. The summed E-state index contributed by atoms with van der Waals surface area (Å²) in [5, 5.41) is 3.41. The molecular weight excluding hydrogens is 374 g/mol. The van der Waals surface area contributed by atoms with Gasteiger partial charge in [0.2, 0.25) is 0 Å². The van der Waals surface area contributed by atoms with E-state index in [1.54, 1.807) is 0 Å². The summed E-state index contributed by atoms with van der Waals surface area (Å²) in [6, 6.07) is 18.3. The van der Waals surface area contributed by atoms with E-state index in [1.807, 2.05) is 49.4 Å². The zero-order chi connectivity index (χ0) is 20.0. The van der Waals surface area contributed by atoms with E-state index in [2.05, 4.69) is 17.4 Å². The quantitative estimate of drug-likeness (QED) is 0.734. The summed E-state index contributed by atoms with van der Waals surface area (Å²) in [7, 11) is -2.97. The lowest BCUT2D eigenvalue weighted by atomic mass is 10.0. The average molecular weight is 404 g/mol. The molecule has 0 bridgehead atoms. The molecule has 28 heavy (non-hydrogen) atoms. The van der Waals surface area contributed by atoms with E-state index >= 15 is 0 Å². The number of rotatable bonds is 8. The molecule has 3 rings (SSSR count). The first-order valence-electron chi connectivity index (χ1n) is 9.66. The third-order valence-electron chi connectivity index (χ3n) is 4.94. The second-order valence-electron chi connectivity index (χ2n) is 7.55. The van der Waals surface area contributed by atoms with Crippen LogP contribution in [-0.4, -0.2) is 46.3 Å². The molecule has 2 aromatic carbocycles. The molecule has 3 atom stereocenters. The van der Waals surface area contributed by atoms with Crippen LogP contribution in [0, 0.1) is 0 Å². The summed E-state index contributed by atoms with van der Waals surface area (Å²) in [5.74, 6) is 0.176. The van der Waals surface area contributed by atoms with Gasteiger partial charge in [0, 0.05) is 19.3 Å². The first kappa shape index (κ1) is 21.0. The summed E-state index contributed by atoms with van der Waals surface area (Å²) in [5.41, 5.74) is 3.36. The van der Waals surface area contributed by atoms with Crippen LogP contribution in [0.2, 0.25) is 0 Å². The first-order valence-corrected chi connectivity index (χ1v) is 11.7. The molecule has 0 radical (unpaired) electrons. The van der Waals surface area contributed by atoms with Crippen LogP contribution in [0.4, 0.5) is 0 Å². The van der Waals surface area contributed by atoms with Crippen LogP contribution < -0.4 is 5.32 Å². The molecule has 0 spiro atoms. The van der Waals surface area contributed by atoms with E-state index in [0.29, 0.717) is 13.2 Å². The Morgan fingerprint density at radius 2 is 1.75 bits per heavy atom. The molecule has 152 valence electrons. The van der Waals surface area contributed by atoms with E-state index in [-0.39, 0.29) is 23.9 Å². The summed E-state index contributed by atoms with van der Waals surface area (Å²) >= 11 is 0. The van der Waals surface area contributed by atoms with Crippen LogP contribution in [-0.2, 0) is 25.9 Å². The minimum Gasteiger partial charge on any atom is -0.371 e. The fourth-order valence-corrected chi connectivity index (χ4v) is 4.51. The van der Waals surface area contributed by atoms with E-state index in [1.165, 1.54) is 6.26 Å². The van der Waals surface area contributed by atoms with Crippen LogP contribution in [0.1, 0.15) is 35.6 Å². The van der Waals surface area contributed by atoms with E-state index in [9.17, 15) is 8.42 Å². The van der Waals surface area contributed by atoms with Crippen LogP contribution in [0.3, 0.4) is 0 Å². The number of ether oxygens (including phenoxy) is 2. The largest absolute Gasteiger partial charge is 0.371 e. The number of hydrogen-bond acceptors (Lipinski definition) is 5.